The Balaban J connectivity index is 2.21. The Morgan fingerprint density at radius 3 is 2.76 bits per heavy atom. The third-order valence-electron chi connectivity index (χ3n) is 2.74. The second-order valence-corrected chi connectivity index (χ2v) is 4.29. The van der Waals surface area contributed by atoms with Gasteiger partial charge in [-0.2, -0.15) is 0 Å². The van der Waals surface area contributed by atoms with Gasteiger partial charge in [-0.15, -0.1) is 0 Å². The Bertz CT molecular complexity index is 462. The highest BCUT2D eigenvalue weighted by Gasteiger charge is 2.32. The van der Waals surface area contributed by atoms with Crippen molar-refractivity contribution in [3.05, 3.63) is 29.8 Å². The Morgan fingerprint density at radius 1 is 1.47 bits per heavy atom. The van der Waals surface area contributed by atoms with E-state index in [9.17, 15) is 4.79 Å². The summed E-state index contributed by atoms with van der Waals surface area (Å²) in [5, 5.41) is 3.42. The van der Waals surface area contributed by atoms with Crippen LogP contribution in [0, 0.1) is 0 Å². The Hall–Kier alpha value is -1.62. The molecule has 1 aromatic rings. The zero-order valence-corrected chi connectivity index (χ0v) is 10.6. The molecule has 0 saturated carbocycles. The second kappa shape index (κ2) is 4.71. The second-order valence-electron chi connectivity index (χ2n) is 3.91. The number of amides is 1. The van der Waals surface area contributed by atoms with Crippen molar-refractivity contribution in [3.63, 3.8) is 0 Å². The summed E-state index contributed by atoms with van der Waals surface area (Å²) in [6.45, 7) is 2.25. The zero-order valence-electron chi connectivity index (χ0n) is 9.77. The van der Waals surface area contributed by atoms with E-state index in [4.69, 9.17) is 17.0 Å². The minimum absolute atomic E-state index is 0.000839. The van der Waals surface area contributed by atoms with Crippen molar-refractivity contribution < 1.29 is 9.53 Å². The summed E-state index contributed by atoms with van der Waals surface area (Å²) in [6.07, 6.45) is 0. The highest BCUT2D eigenvalue weighted by molar-refractivity contribution is 7.80. The largest absolute Gasteiger partial charge is 0.496 e. The molecule has 0 radical (unpaired) electrons. The number of methoxy groups -OCH3 is 1. The van der Waals surface area contributed by atoms with Crippen LogP contribution in [0.4, 0.5) is 0 Å². The van der Waals surface area contributed by atoms with Crippen molar-refractivity contribution in [2.24, 2.45) is 0 Å². The first kappa shape index (κ1) is 11.9. The number of nitrogens with one attached hydrogen (secondary N) is 1. The average molecular weight is 250 g/mol. The van der Waals surface area contributed by atoms with E-state index in [1.165, 1.54) is 0 Å². The lowest BCUT2D eigenvalue weighted by molar-refractivity contribution is -0.127. The number of ether oxygens (including phenoxy) is 1. The van der Waals surface area contributed by atoms with E-state index in [0.717, 1.165) is 11.3 Å². The molecular formula is C12H14N2O2S. The first-order chi connectivity index (χ1) is 8.13. The Kier molecular flexibility index (Phi) is 3.28. The molecule has 1 aromatic carbocycles. The molecule has 1 heterocycles. The smallest absolute Gasteiger partial charge is 0.251 e. The number of rotatable bonds is 3. The third-order valence-corrected chi connectivity index (χ3v) is 3.08. The van der Waals surface area contributed by atoms with Crippen molar-refractivity contribution in [2.75, 3.05) is 7.11 Å². The lowest BCUT2D eigenvalue weighted by Gasteiger charge is -2.16. The molecule has 17 heavy (non-hydrogen) atoms. The predicted molar refractivity (Wildman–Crippen MR) is 68.7 cm³/mol. The van der Waals surface area contributed by atoms with Crippen molar-refractivity contribution in [3.8, 4) is 5.75 Å². The maximum Gasteiger partial charge on any atom is 0.251 e. The zero-order chi connectivity index (χ0) is 12.4. The van der Waals surface area contributed by atoms with Crippen LogP contribution in [0.15, 0.2) is 24.3 Å². The Labute approximate surface area is 106 Å². The number of para-hydroxylation sites is 1. The first-order valence-electron chi connectivity index (χ1n) is 5.37. The van der Waals surface area contributed by atoms with Crippen LogP contribution < -0.4 is 10.1 Å². The van der Waals surface area contributed by atoms with Crippen LogP contribution in [0.3, 0.4) is 0 Å². The third kappa shape index (κ3) is 2.24. The summed E-state index contributed by atoms with van der Waals surface area (Å²) in [4.78, 5) is 13.4. The number of thiocarbonyl (C=S) groups is 1. The summed E-state index contributed by atoms with van der Waals surface area (Å²) < 4.78 is 5.25. The van der Waals surface area contributed by atoms with E-state index in [0.29, 0.717) is 11.7 Å². The van der Waals surface area contributed by atoms with Gasteiger partial charge in [0.1, 0.15) is 11.8 Å². The molecule has 5 heteroatoms. The van der Waals surface area contributed by atoms with E-state index in [1.807, 2.05) is 24.3 Å². The van der Waals surface area contributed by atoms with Crippen molar-refractivity contribution >= 4 is 23.2 Å². The minimum atomic E-state index is -0.239. The standard InChI is InChI=1S/C12H14N2O2S/c1-8-11(15)14(12(17)13-8)7-9-5-3-4-6-10(9)16-2/h3-6,8H,7H2,1-2H3,(H,13,17). The van der Waals surface area contributed by atoms with Crippen molar-refractivity contribution in [1.29, 1.82) is 0 Å². The van der Waals surface area contributed by atoms with Gasteiger partial charge >= 0.3 is 0 Å². The fourth-order valence-electron chi connectivity index (χ4n) is 1.81. The molecule has 1 aliphatic rings. The highest BCUT2D eigenvalue weighted by atomic mass is 32.1. The monoisotopic (exact) mass is 250 g/mol. The summed E-state index contributed by atoms with van der Waals surface area (Å²) >= 11 is 5.13. The van der Waals surface area contributed by atoms with Crippen LogP contribution in [0.25, 0.3) is 0 Å². The summed E-state index contributed by atoms with van der Waals surface area (Å²) in [7, 11) is 1.61. The molecule has 90 valence electrons. The van der Waals surface area contributed by atoms with Crippen LogP contribution in [-0.4, -0.2) is 29.1 Å². The molecule has 1 aliphatic heterocycles. The molecule has 0 bridgehead atoms. The topological polar surface area (TPSA) is 41.6 Å². The maximum absolute atomic E-state index is 11.9. The lowest BCUT2D eigenvalue weighted by atomic mass is 10.2. The molecule has 0 aliphatic carbocycles. The molecule has 0 aromatic heterocycles. The van der Waals surface area contributed by atoms with Gasteiger partial charge in [-0.25, -0.2) is 0 Å². The molecule has 2 rings (SSSR count). The first-order valence-corrected chi connectivity index (χ1v) is 5.78. The quantitative estimate of drug-likeness (QED) is 0.821. The Morgan fingerprint density at radius 2 is 2.18 bits per heavy atom. The molecule has 4 nitrogen and oxygen atoms in total. The van der Waals surface area contributed by atoms with Gasteiger partial charge in [0.2, 0.25) is 0 Å². The predicted octanol–water partition coefficient (Wildman–Crippen LogP) is 1.30. The van der Waals surface area contributed by atoms with Gasteiger partial charge in [0.25, 0.3) is 5.91 Å². The SMILES string of the molecule is COc1ccccc1CN1C(=O)C(C)NC1=S. The van der Waals surface area contributed by atoms with E-state index >= 15 is 0 Å². The van der Waals surface area contributed by atoms with Gasteiger partial charge in [0.05, 0.1) is 13.7 Å². The van der Waals surface area contributed by atoms with Crippen LogP contribution in [0.1, 0.15) is 12.5 Å². The fraction of sp³-hybridized carbons (Fsp3) is 0.333. The molecule has 0 spiro atoms. The highest BCUT2D eigenvalue weighted by Crippen LogP contribution is 2.21. The van der Waals surface area contributed by atoms with E-state index < -0.39 is 0 Å². The van der Waals surface area contributed by atoms with Crippen molar-refractivity contribution in [2.45, 2.75) is 19.5 Å². The van der Waals surface area contributed by atoms with Gasteiger partial charge < -0.3 is 10.1 Å². The number of carbonyl (C=O) groups is 1. The van der Waals surface area contributed by atoms with E-state index in [1.54, 1.807) is 18.9 Å². The fourth-order valence-corrected chi connectivity index (χ4v) is 2.14. The van der Waals surface area contributed by atoms with Crippen molar-refractivity contribution in [1.82, 2.24) is 10.2 Å². The van der Waals surface area contributed by atoms with Gasteiger partial charge in [0.15, 0.2) is 5.11 Å². The average Bonchev–Trinajstić information content (AvgIpc) is 2.57. The number of hydrogen-bond donors (Lipinski definition) is 1. The van der Waals surface area contributed by atoms with Crippen LogP contribution in [-0.2, 0) is 11.3 Å². The van der Waals surface area contributed by atoms with Crippen LogP contribution in [0.2, 0.25) is 0 Å². The molecule has 1 amide bonds. The van der Waals surface area contributed by atoms with Crippen LogP contribution >= 0.6 is 12.2 Å². The molecular weight excluding hydrogens is 236 g/mol. The maximum atomic E-state index is 11.9. The molecule has 1 unspecified atom stereocenters. The number of carbonyl (C=O) groups excluding carboxylic acids is 1. The van der Waals surface area contributed by atoms with Gasteiger partial charge in [0, 0.05) is 5.56 Å². The normalized spacial score (nSPS) is 19.4. The van der Waals surface area contributed by atoms with E-state index in [2.05, 4.69) is 5.32 Å². The summed E-state index contributed by atoms with van der Waals surface area (Å²) in [5.74, 6) is 0.767. The van der Waals surface area contributed by atoms with Crippen LogP contribution in [0.5, 0.6) is 5.75 Å². The van der Waals surface area contributed by atoms with Gasteiger partial charge in [-0.3, -0.25) is 9.69 Å². The lowest BCUT2D eigenvalue weighted by Crippen LogP contribution is -2.30. The van der Waals surface area contributed by atoms with Gasteiger partial charge in [-0.1, -0.05) is 18.2 Å². The molecule has 1 fully saturated rings. The number of hydrogen-bond acceptors (Lipinski definition) is 3. The molecule has 1 N–H and O–H groups in total. The number of nitrogens with zero attached hydrogens (tertiary/aromatic N) is 1. The van der Waals surface area contributed by atoms with E-state index in [-0.39, 0.29) is 11.9 Å². The molecule has 1 atom stereocenters. The summed E-state index contributed by atoms with van der Waals surface area (Å²) in [5.41, 5.74) is 0.946. The minimum Gasteiger partial charge on any atom is -0.496 e. The summed E-state index contributed by atoms with van der Waals surface area (Å²) in [6, 6.07) is 7.37. The molecule has 1 saturated heterocycles. The van der Waals surface area contributed by atoms with Gasteiger partial charge in [-0.05, 0) is 25.2 Å². The number of benzene rings is 1.